The summed E-state index contributed by atoms with van der Waals surface area (Å²) in [6.07, 6.45) is -7.73. The molecule has 2 rings (SSSR count). The van der Waals surface area contributed by atoms with Crippen LogP contribution in [0.15, 0.2) is 24.3 Å². The molecular formula is C61H98F2N12O23Si. The molecule has 0 aliphatic carbocycles. The Kier molecular flexibility index (Phi) is 37.1. The number of aliphatic carboxylic acids is 7. The summed E-state index contributed by atoms with van der Waals surface area (Å²) in [4.78, 5) is 180. The molecule has 1 aliphatic rings. The second kappa shape index (κ2) is 42.4. The Morgan fingerprint density at radius 2 is 0.889 bits per heavy atom. The molecule has 0 aromatic heterocycles. The third kappa shape index (κ3) is 33.2. The number of nitrogens with zero attached hydrogens (tertiary/aromatic N) is 4. The van der Waals surface area contributed by atoms with Gasteiger partial charge in [0.25, 0.3) is 14.3 Å². The molecular weight excluding hydrogens is 1330 g/mol. The van der Waals surface area contributed by atoms with Crippen LogP contribution >= 0.6 is 0 Å². The number of hydrogen-bond donors (Lipinski definition) is 17. The first-order valence-corrected chi connectivity index (χ1v) is 34.0. The molecule has 17 N–H and O–H groups in total. The number of unbranched alkanes of at least 4 members (excludes halogenated alkanes) is 1. The number of rotatable bonds is 41. The van der Waals surface area contributed by atoms with Crippen molar-refractivity contribution in [3.63, 3.8) is 0 Å². The zero-order chi connectivity index (χ0) is 75.0. The van der Waals surface area contributed by atoms with Crippen molar-refractivity contribution in [2.75, 3.05) is 98.2 Å². The number of amides is 8. The molecule has 558 valence electrons. The predicted molar refractivity (Wildman–Crippen MR) is 349 cm³/mol. The van der Waals surface area contributed by atoms with E-state index in [4.69, 9.17) is 5.11 Å². The predicted octanol–water partition coefficient (Wildman–Crippen LogP) is -2.38. The van der Waals surface area contributed by atoms with Gasteiger partial charge in [-0.25, -0.2) is 28.4 Å². The zero-order valence-electron chi connectivity index (χ0n) is 56.5. The van der Waals surface area contributed by atoms with Crippen molar-refractivity contribution in [2.24, 2.45) is 0 Å². The number of alkyl halides is 1. The van der Waals surface area contributed by atoms with Gasteiger partial charge < -0.3 is 92.6 Å². The van der Waals surface area contributed by atoms with Crippen molar-refractivity contribution in [1.82, 2.24) is 62.1 Å². The molecule has 0 bridgehead atoms. The summed E-state index contributed by atoms with van der Waals surface area (Å²) in [6, 6.07) is -3.36. The molecule has 1 aromatic carbocycles. The highest BCUT2D eigenvalue weighted by Gasteiger charge is 2.56. The Balaban J connectivity index is 2.13. The maximum Gasteiger partial charge on any atom is 0.338 e. The number of carbonyl (C=O) groups excluding carboxylic acids is 7. The Labute approximate surface area is 571 Å². The number of hydrogen-bond acceptors (Lipinski definition) is 20. The smallest absolute Gasteiger partial charge is 0.338 e. The number of aliphatic hydroxyl groups excluding tert-OH is 1. The summed E-state index contributed by atoms with van der Waals surface area (Å²) in [5.74, 6) is -14.9. The van der Waals surface area contributed by atoms with Gasteiger partial charge in [-0.3, -0.25) is 62.8 Å². The molecule has 0 radical (unpaired) electrons. The molecule has 6 atom stereocenters. The van der Waals surface area contributed by atoms with Crippen LogP contribution in [0.1, 0.15) is 123 Å². The summed E-state index contributed by atoms with van der Waals surface area (Å²) in [7, 11) is -3.74. The van der Waals surface area contributed by atoms with E-state index in [0.717, 1.165) is 0 Å². The highest BCUT2D eigenvalue weighted by atomic mass is 28.4. The van der Waals surface area contributed by atoms with Crippen molar-refractivity contribution in [3.8, 4) is 0 Å². The van der Waals surface area contributed by atoms with Gasteiger partial charge in [-0.05, 0) is 65.9 Å². The SMILES string of the molecule is CC(C)(C)[Si](F)(c1ccc(C(=O)NC[C@@H](NC(=O)CN2CCN(CC(=O)O)CCN(CC(=O)O)CCN(CC(=O)O)CC2)C(=O)N[C@H](CCCCNC(=O)CCC(=O)NCCC[C@@H](NC(=O)CC[C@H](NC(=O)N[C@@H](C[C@H](F)C(=O)O)C(=O)O)C(=O)O)C(=O)O)CC(O)O)cc1)C(C)(C)C. The standard InChI is InChI=1S/C61H98F2N12O23Si/c1-60(2,3)99(63,61(4,5)6)39-14-12-37(13-15-39)53(88)66-32-44(69-48(79)33-72-22-24-73(34-50(82)83)26-28-75(36-52(86)87)29-27-74(25-23-72)35-51(84)85)54(89)67-38(30-49(80)81)10-7-8-20-64-45(76)18-19-46(77)65-21-9-11-41(56(92)93)68-47(78)17-16-42(57(94)95)70-59(98)71-43(58(96)97)31-40(62)55(90)91/h12-15,38,40-44,49,80-81H,7-11,16-36H2,1-6H3,(H,64,76)(H,65,77)(H,66,88)(H,67,89)(H,68,78)(H,69,79)(H,82,83)(H,84,85)(H,86,87)(H,90,91)(H,92,93)(H,94,95)(H,96,97)(H2,70,71,98)/t38-,40+,41-,42+,43+,44-/m1/s1. The molecule has 1 fully saturated rings. The minimum absolute atomic E-state index is 0.00663. The minimum Gasteiger partial charge on any atom is -0.480 e. The van der Waals surface area contributed by atoms with Crippen LogP contribution in [0, 0.1) is 0 Å². The Hall–Kier alpha value is -8.56. The van der Waals surface area contributed by atoms with Gasteiger partial charge in [0.15, 0.2) is 12.5 Å². The van der Waals surface area contributed by atoms with E-state index in [-0.39, 0.29) is 123 Å². The van der Waals surface area contributed by atoms with E-state index in [1.54, 1.807) is 37.0 Å². The van der Waals surface area contributed by atoms with E-state index >= 15 is 4.11 Å². The van der Waals surface area contributed by atoms with Crippen LogP contribution in [0.5, 0.6) is 0 Å². The molecule has 1 aliphatic heterocycles. The highest BCUT2D eigenvalue weighted by Crippen LogP contribution is 2.51. The largest absolute Gasteiger partial charge is 0.480 e. The first-order chi connectivity index (χ1) is 46.1. The molecule has 1 heterocycles. The molecule has 0 saturated carbocycles. The van der Waals surface area contributed by atoms with Gasteiger partial charge in [-0.2, -0.15) is 0 Å². The van der Waals surface area contributed by atoms with Crippen molar-refractivity contribution < 1.29 is 122 Å². The fourth-order valence-electron chi connectivity index (χ4n) is 11.0. The van der Waals surface area contributed by atoms with Crippen molar-refractivity contribution >= 4 is 96.9 Å². The molecule has 35 nitrogen and oxygen atoms in total. The number of carboxylic acid groups (broad SMARTS) is 7. The number of halogens is 2. The Bertz CT molecular complexity index is 2880. The van der Waals surface area contributed by atoms with Crippen LogP contribution in [0.3, 0.4) is 0 Å². The van der Waals surface area contributed by atoms with Crippen LogP contribution in [0.2, 0.25) is 10.1 Å². The topological polar surface area (TPSA) is 530 Å². The zero-order valence-corrected chi connectivity index (χ0v) is 57.5. The fraction of sp³-hybridized carbons (Fsp3) is 0.672. The van der Waals surface area contributed by atoms with Gasteiger partial charge in [0.1, 0.15) is 24.2 Å². The number of nitrogens with one attached hydrogen (secondary N) is 8. The minimum atomic E-state index is -3.74. The lowest BCUT2D eigenvalue weighted by Crippen LogP contribution is -2.58. The van der Waals surface area contributed by atoms with Crippen molar-refractivity contribution in [3.05, 3.63) is 29.8 Å². The lowest BCUT2D eigenvalue weighted by molar-refractivity contribution is -0.145. The van der Waals surface area contributed by atoms with E-state index in [9.17, 15) is 112 Å². The second-order valence-corrected chi connectivity index (χ2v) is 30.9. The van der Waals surface area contributed by atoms with Crippen molar-refractivity contribution in [2.45, 2.75) is 165 Å². The van der Waals surface area contributed by atoms with E-state index in [2.05, 4.69) is 31.9 Å². The number of aliphatic hydroxyl groups is 2. The highest BCUT2D eigenvalue weighted by molar-refractivity contribution is 6.90. The first-order valence-electron chi connectivity index (χ1n) is 32.2. The van der Waals surface area contributed by atoms with Crippen LogP contribution in [-0.2, 0) is 57.5 Å². The fourth-order valence-corrected chi connectivity index (χ4v) is 15.6. The van der Waals surface area contributed by atoms with E-state index < -0.39 is 196 Å². The second-order valence-electron chi connectivity index (χ2n) is 26.0. The number of benzene rings is 1. The molecule has 1 saturated heterocycles. The molecule has 38 heteroatoms. The van der Waals surface area contributed by atoms with Gasteiger partial charge in [0, 0.05) is 116 Å². The average molecular weight is 1430 g/mol. The third-order valence-electron chi connectivity index (χ3n) is 16.0. The number of urea groups is 1. The summed E-state index contributed by atoms with van der Waals surface area (Å²) >= 11 is 0. The van der Waals surface area contributed by atoms with Gasteiger partial charge in [0.2, 0.25) is 29.5 Å². The Morgan fingerprint density at radius 1 is 0.465 bits per heavy atom. The number of carbonyl (C=O) groups is 14. The molecule has 1 aromatic rings. The van der Waals surface area contributed by atoms with E-state index in [1.165, 1.54) is 12.1 Å². The first kappa shape index (κ1) is 86.5. The summed E-state index contributed by atoms with van der Waals surface area (Å²) in [5.41, 5.74) is 0.101. The lowest BCUT2D eigenvalue weighted by Gasteiger charge is -2.44. The monoisotopic (exact) mass is 1430 g/mol. The maximum absolute atomic E-state index is 17.2. The number of carboxylic acids is 7. The normalized spacial score (nSPS) is 15.9. The van der Waals surface area contributed by atoms with Gasteiger partial charge in [0.05, 0.1) is 26.2 Å². The summed E-state index contributed by atoms with van der Waals surface area (Å²) in [6.45, 7) is 9.36. The van der Waals surface area contributed by atoms with E-state index in [0.29, 0.717) is 5.19 Å². The molecule has 99 heavy (non-hydrogen) atoms. The van der Waals surface area contributed by atoms with Crippen LogP contribution in [0.25, 0.3) is 0 Å². The summed E-state index contributed by atoms with van der Waals surface area (Å²) < 4.78 is 30.7. The maximum atomic E-state index is 17.2. The summed E-state index contributed by atoms with van der Waals surface area (Å²) in [5, 5.41) is 104. The average Bonchev–Trinajstić information content (AvgIpc) is 0.749. The molecule has 0 unspecified atom stereocenters. The third-order valence-corrected chi connectivity index (χ3v) is 21.3. The quantitative estimate of drug-likeness (QED) is 0.0141. The van der Waals surface area contributed by atoms with Crippen LogP contribution in [-0.4, -0.2) is 298 Å². The molecule has 8 amide bonds. The van der Waals surface area contributed by atoms with Gasteiger partial charge in [-0.15, -0.1) is 0 Å². The van der Waals surface area contributed by atoms with E-state index in [1.807, 2.05) is 46.9 Å². The lowest BCUT2D eigenvalue weighted by atomic mass is 10.0. The van der Waals surface area contributed by atoms with Crippen LogP contribution < -0.4 is 47.7 Å². The Morgan fingerprint density at radius 3 is 1.31 bits per heavy atom. The van der Waals surface area contributed by atoms with Crippen LogP contribution in [0.4, 0.5) is 13.3 Å². The molecule has 0 spiro atoms. The van der Waals surface area contributed by atoms with Gasteiger partial charge in [-0.1, -0.05) is 53.7 Å². The van der Waals surface area contributed by atoms with Gasteiger partial charge >= 0.3 is 47.8 Å². The van der Waals surface area contributed by atoms with Crippen molar-refractivity contribution in [1.29, 1.82) is 0 Å².